The number of carbonyl (C=O) groups is 2. The summed E-state index contributed by atoms with van der Waals surface area (Å²) < 4.78 is 5.74. The quantitative estimate of drug-likeness (QED) is 0.260. The van der Waals surface area contributed by atoms with E-state index < -0.39 is 11.9 Å². The van der Waals surface area contributed by atoms with Crippen molar-refractivity contribution < 1.29 is 14.3 Å². The number of benzene rings is 3. The summed E-state index contributed by atoms with van der Waals surface area (Å²) in [5.41, 5.74) is 1.44. The van der Waals surface area contributed by atoms with Crippen molar-refractivity contribution in [3.05, 3.63) is 97.9 Å². The fourth-order valence-electron chi connectivity index (χ4n) is 3.66. The predicted octanol–water partition coefficient (Wildman–Crippen LogP) is 7.23. The molecule has 2 amide bonds. The lowest BCUT2D eigenvalue weighted by atomic mass is 10.0. The second-order valence-electron chi connectivity index (χ2n) is 8.61. The summed E-state index contributed by atoms with van der Waals surface area (Å²) in [5, 5.41) is 4.53. The molecule has 196 valence electrons. The van der Waals surface area contributed by atoms with Crippen molar-refractivity contribution in [2.45, 2.75) is 45.3 Å². The zero-order valence-electron chi connectivity index (χ0n) is 20.5. The van der Waals surface area contributed by atoms with E-state index in [1.807, 2.05) is 44.2 Å². The first kappa shape index (κ1) is 29.1. The van der Waals surface area contributed by atoms with Crippen molar-refractivity contribution in [2.75, 3.05) is 6.61 Å². The number of halogens is 4. The fourth-order valence-corrected chi connectivity index (χ4v) is 4.64. The van der Waals surface area contributed by atoms with Crippen LogP contribution < -0.4 is 10.1 Å². The Hall–Kier alpha value is -2.44. The summed E-state index contributed by atoms with van der Waals surface area (Å²) in [4.78, 5) is 28.7. The third kappa shape index (κ3) is 8.27. The third-order valence-electron chi connectivity index (χ3n) is 5.91. The van der Waals surface area contributed by atoms with E-state index in [1.54, 1.807) is 30.3 Å². The van der Waals surface area contributed by atoms with E-state index >= 15 is 0 Å². The predicted molar refractivity (Wildman–Crippen MR) is 151 cm³/mol. The van der Waals surface area contributed by atoms with Crippen LogP contribution in [0, 0.1) is 0 Å². The highest BCUT2D eigenvalue weighted by molar-refractivity contribution is 6.36. The summed E-state index contributed by atoms with van der Waals surface area (Å²) in [6.07, 6.45) is 1.03. The summed E-state index contributed by atoms with van der Waals surface area (Å²) in [7, 11) is 0. The van der Waals surface area contributed by atoms with Gasteiger partial charge in [-0.2, -0.15) is 0 Å². The van der Waals surface area contributed by atoms with Crippen molar-refractivity contribution in [3.8, 4) is 5.75 Å². The maximum Gasteiger partial charge on any atom is 0.261 e. The molecule has 0 fully saturated rings. The molecule has 0 heterocycles. The number of carbonyl (C=O) groups excluding carboxylic acids is 2. The Balaban J connectivity index is 1.97. The van der Waals surface area contributed by atoms with Crippen molar-refractivity contribution in [3.63, 3.8) is 0 Å². The van der Waals surface area contributed by atoms with Gasteiger partial charge in [-0.25, -0.2) is 0 Å². The second kappa shape index (κ2) is 13.9. The van der Waals surface area contributed by atoms with Gasteiger partial charge in [0.2, 0.25) is 5.91 Å². The van der Waals surface area contributed by atoms with Crippen LogP contribution in [0.4, 0.5) is 0 Å². The molecule has 1 N–H and O–H groups in total. The second-order valence-corrected chi connectivity index (χ2v) is 10.3. The van der Waals surface area contributed by atoms with Crippen molar-refractivity contribution in [1.82, 2.24) is 10.2 Å². The standard InChI is InChI=1S/C28H28Cl4N2O3/c1-3-18(2)33-28(36)25(14-19-8-5-4-6-9-19)34(16-21-22(30)10-7-11-23(21)31)27(35)17-37-26-13-12-20(29)15-24(26)32/h4-13,15,18,25H,3,14,16-17H2,1-2H3,(H,33,36)/t18-,25+/m1/s1. The minimum atomic E-state index is -0.847. The first-order valence-electron chi connectivity index (χ1n) is 11.8. The molecule has 9 heteroatoms. The molecule has 0 aliphatic heterocycles. The van der Waals surface area contributed by atoms with Crippen LogP contribution in [0.3, 0.4) is 0 Å². The Labute approximate surface area is 237 Å². The Morgan fingerprint density at radius 1 is 0.919 bits per heavy atom. The average molecular weight is 582 g/mol. The molecule has 3 aromatic rings. The number of hydrogen-bond donors (Lipinski definition) is 1. The normalized spacial score (nSPS) is 12.5. The Bertz CT molecular complexity index is 1200. The van der Waals surface area contributed by atoms with E-state index in [0.717, 1.165) is 12.0 Å². The first-order valence-corrected chi connectivity index (χ1v) is 13.3. The third-order valence-corrected chi connectivity index (χ3v) is 7.15. The van der Waals surface area contributed by atoms with Crippen molar-refractivity contribution in [2.24, 2.45) is 0 Å². The molecule has 0 bridgehead atoms. The van der Waals surface area contributed by atoms with Crippen LogP contribution in [-0.4, -0.2) is 35.4 Å². The van der Waals surface area contributed by atoms with Crippen LogP contribution in [0.1, 0.15) is 31.4 Å². The smallest absolute Gasteiger partial charge is 0.261 e. The molecule has 0 spiro atoms. The zero-order chi connectivity index (χ0) is 26.9. The van der Waals surface area contributed by atoms with Gasteiger partial charge in [-0.05, 0) is 49.2 Å². The van der Waals surface area contributed by atoms with Crippen LogP contribution in [-0.2, 0) is 22.6 Å². The van der Waals surface area contributed by atoms with Gasteiger partial charge in [0.25, 0.3) is 5.91 Å². The number of hydrogen-bond acceptors (Lipinski definition) is 3. The minimum absolute atomic E-state index is 0.0144. The molecule has 37 heavy (non-hydrogen) atoms. The van der Waals surface area contributed by atoms with Crippen LogP contribution in [0.2, 0.25) is 20.1 Å². The number of nitrogens with one attached hydrogen (secondary N) is 1. The van der Waals surface area contributed by atoms with Crippen molar-refractivity contribution in [1.29, 1.82) is 0 Å². The zero-order valence-corrected chi connectivity index (χ0v) is 23.5. The fraction of sp³-hybridized carbons (Fsp3) is 0.286. The Kier molecular flexibility index (Phi) is 11.0. The summed E-state index contributed by atoms with van der Waals surface area (Å²) in [5.74, 6) is -0.403. The molecule has 3 aromatic carbocycles. The highest BCUT2D eigenvalue weighted by Gasteiger charge is 2.32. The molecule has 0 saturated heterocycles. The van der Waals surface area contributed by atoms with E-state index in [4.69, 9.17) is 51.1 Å². The molecule has 2 atom stereocenters. The van der Waals surface area contributed by atoms with E-state index in [2.05, 4.69) is 5.32 Å². The summed E-state index contributed by atoms with van der Waals surface area (Å²) >= 11 is 25.1. The first-order chi connectivity index (χ1) is 17.7. The molecule has 0 unspecified atom stereocenters. The summed E-state index contributed by atoms with van der Waals surface area (Å²) in [6, 6.07) is 18.4. The monoisotopic (exact) mass is 580 g/mol. The van der Waals surface area contributed by atoms with Crippen LogP contribution >= 0.6 is 46.4 Å². The van der Waals surface area contributed by atoms with Crippen LogP contribution in [0.15, 0.2) is 66.7 Å². The molecule has 0 radical (unpaired) electrons. The number of amides is 2. The molecular formula is C28H28Cl4N2O3. The van der Waals surface area contributed by atoms with Gasteiger partial charge in [0.15, 0.2) is 6.61 Å². The van der Waals surface area contributed by atoms with Gasteiger partial charge >= 0.3 is 0 Å². The van der Waals surface area contributed by atoms with E-state index in [0.29, 0.717) is 32.8 Å². The molecule has 0 aliphatic carbocycles. The maximum absolute atomic E-state index is 13.7. The summed E-state index contributed by atoms with van der Waals surface area (Å²) in [6.45, 7) is 3.55. The highest BCUT2D eigenvalue weighted by Crippen LogP contribution is 2.29. The van der Waals surface area contributed by atoms with Crippen molar-refractivity contribution >= 4 is 58.2 Å². The molecule has 3 rings (SSSR count). The number of rotatable bonds is 11. The minimum Gasteiger partial charge on any atom is -0.482 e. The molecule has 5 nitrogen and oxygen atoms in total. The lowest BCUT2D eigenvalue weighted by Crippen LogP contribution is -2.53. The van der Waals surface area contributed by atoms with E-state index in [1.165, 1.54) is 11.0 Å². The lowest BCUT2D eigenvalue weighted by molar-refractivity contribution is -0.143. The largest absolute Gasteiger partial charge is 0.482 e. The molecule has 0 aromatic heterocycles. The van der Waals surface area contributed by atoms with Crippen LogP contribution in [0.25, 0.3) is 0 Å². The lowest BCUT2D eigenvalue weighted by Gasteiger charge is -2.32. The van der Waals surface area contributed by atoms with Gasteiger partial charge in [0, 0.05) is 39.6 Å². The van der Waals surface area contributed by atoms with Gasteiger partial charge in [0.1, 0.15) is 11.8 Å². The van der Waals surface area contributed by atoms with Crippen LogP contribution in [0.5, 0.6) is 5.75 Å². The van der Waals surface area contributed by atoms with Gasteiger partial charge < -0.3 is 15.0 Å². The average Bonchev–Trinajstić information content (AvgIpc) is 2.87. The topological polar surface area (TPSA) is 58.6 Å². The maximum atomic E-state index is 13.7. The Morgan fingerprint density at radius 2 is 1.59 bits per heavy atom. The van der Waals surface area contributed by atoms with E-state index in [9.17, 15) is 9.59 Å². The van der Waals surface area contributed by atoms with Gasteiger partial charge in [-0.3, -0.25) is 9.59 Å². The number of ether oxygens (including phenoxy) is 1. The SMILES string of the molecule is CC[C@@H](C)NC(=O)[C@H](Cc1ccccc1)N(Cc1c(Cl)cccc1Cl)C(=O)COc1ccc(Cl)cc1Cl. The van der Waals surface area contributed by atoms with Gasteiger partial charge in [-0.1, -0.05) is 89.7 Å². The Morgan fingerprint density at radius 3 is 2.22 bits per heavy atom. The number of nitrogens with zero attached hydrogens (tertiary/aromatic N) is 1. The molecular weight excluding hydrogens is 554 g/mol. The van der Waals surface area contributed by atoms with Gasteiger partial charge in [-0.15, -0.1) is 0 Å². The van der Waals surface area contributed by atoms with E-state index in [-0.39, 0.29) is 30.1 Å². The van der Waals surface area contributed by atoms with Gasteiger partial charge in [0.05, 0.1) is 5.02 Å². The molecule has 0 aliphatic rings. The highest BCUT2D eigenvalue weighted by atomic mass is 35.5. The molecule has 0 saturated carbocycles.